The third-order valence-electron chi connectivity index (χ3n) is 5.23. The maximum absolute atomic E-state index is 13.2. The molecule has 7 heteroatoms. The number of imidazole rings is 1. The molecule has 154 valence electrons. The topological polar surface area (TPSA) is 51.3 Å². The Morgan fingerprint density at radius 1 is 1.06 bits per heavy atom. The molecule has 1 N–H and O–H groups in total. The maximum atomic E-state index is 13.2. The molecule has 0 aliphatic heterocycles. The van der Waals surface area contributed by atoms with Crippen LogP contribution in [0.4, 0.5) is 4.39 Å². The second-order valence-corrected chi connectivity index (χ2v) is 8.28. The van der Waals surface area contributed by atoms with E-state index in [2.05, 4.69) is 10.3 Å². The number of thiazole rings is 1. The third-order valence-corrected chi connectivity index (χ3v) is 6.39. The van der Waals surface area contributed by atoms with Gasteiger partial charge in [-0.2, -0.15) is 0 Å². The lowest BCUT2D eigenvalue weighted by molar-refractivity contribution is 0.0951. The highest BCUT2D eigenvalue weighted by molar-refractivity contribution is 7.17. The van der Waals surface area contributed by atoms with Gasteiger partial charge in [0.25, 0.3) is 5.91 Å². The molecule has 3 aromatic heterocycles. The molecule has 0 fully saturated rings. The first kappa shape index (κ1) is 19.3. The summed E-state index contributed by atoms with van der Waals surface area (Å²) in [5.41, 5.74) is 4.33. The summed E-state index contributed by atoms with van der Waals surface area (Å²) in [6.07, 6.45) is 5.87. The van der Waals surface area contributed by atoms with E-state index in [-0.39, 0.29) is 11.7 Å². The van der Waals surface area contributed by atoms with E-state index in [1.54, 1.807) is 23.5 Å². The molecule has 2 aromatic carbocycles. The van der Waals surface area contributed by atoms with Crippen LogP contribution in [0.3, 0.4) is 0 Å². The van der Waals surface area contributed by atoms with Gasteiger partial charge in [-0.1, -0.05) is 11.3 Å². The van der Waals surface area contributed by atoms with Crippen molar-refractivity contribution in [3.05, 3.63) is 101 Å². The number of nitrogens with one attached hydrogen (secondary N) is 1. The average molecular weight is 431 g/mol. The van der Waals surface area contributed by atoms with Gasteiger partial charge in [0, 0.05) is 46.0 Å². The molecule has 5 aromatic rings. The van der Waals surface area contributed by atoms with Gasteiger partial charge in [0.05, 0.1) is 12.2 Å². The standard InChI is InChI=1S/C24H19FN4OS/c1-16-22(31-24-27-21(15-29(16)24)17-4-8-19(25)9-5-17)14-26-23(30)18-6-10-20(11-7-18)28-12-2-3-13-28/h2-13,15H,14H2,1H3,(H,26,30). The van der Waals surface area contributed by atoms with Gasteiger partial charge in [0.2, 0.25) is 0 Å². The van der Waals surface area contributed by atoms with Crippen molar-refractivity contribution in [3.8, 4) is 16.9 Å². The Balaban J connectivity index is 1.29. The molecule has 0 saturated carbocycles. The number of aromatic nitrogens is 3. The minimum Gasteiger partial charge on any atom is -0.347 e. The van der Waals surface area contributed by atoms with Crippen molar-refractivity contribution in [1.29, 1.82) is 0 Å². The molecule has 5 nitrogen and oxygen atoms in total. The predicted molar refractivity (Wildman–Crippen MR) is 120 cm³/mol. The number of hydrogen-bond donors (Lipinski definition) is 1. The summed E-state index contributed by atoms with van der Waals surface area (Å²) in [6, 6.07) is 17.7. The smallest absolute Gasteiger partial charge is 0.251 e. The van der Waals surface area contributed by atoms with E-state index >= 15 is 0 Å². The van der Waals surface area contributed by atoms with Crippen LogP contribution in [0.2, 0.25) is 0 Å². The summed E-state index contributed by atoms with van der Waals surface area (Å²) in [6.45, 7) is 2.44. The Kier molecular flexibility index (Phi) is 4.88. The highest BCUT2D eigenvalue weighted by Gasteiger charge is 2.14. The van der Waals surface area contributed by atoms with Crippen LogP contribution in [-0.4, -0.2) is 19.9 Å². The van der Waals surface area contributed by atoms with Gasteiger partial charge in [-0.25, -0.2) is 9.37 Å². The van der Waals surface area contributed by atoms with Crippen molar-refractivity contribution < 1.29 is 9.18 Å². The number of benzene rings is 2. The Hall–Kier alpha value is -3.71. The fourth-order valence-corrected chi connectivity index (χ4v) is 4.51. The number of halogens is 1. The zero-order valence-electron chi connectivity index (χ0n) is 16.7. The average Bonchev–Trinajstić information content (AvgIpc) is 3.52. The Bertz CT molecular complexity index is 1350. The maximum Gasteiger partial charge on any atom is 0.251 e. The van der Waals surface area contributed by atoms with E-state index in [4.69, 9.17) is 0 Å². The molecule has 0 aliphatic rings. The van der Waals surface area contributed by atoms with Crippen LogP contribution in [0.15, 0.2) is 79.3 Å². The van der Waals surface area contributed by atoms with E-state index in [1.165, 1.54) is 12.1 Å². The van der Waals surface area contributed by atoms with Crippen LogP contribution < -0.4 is 5.32 Å². The highest BCUT2D eigenvalue weighted by atomic mass is 32.1. The minimum atomic E-state index is -0.265. The first-order chi connectivity index (χ1) is 15.1. The predicted octanol–water partition coefficient (Wildman–Crippen LogP) is 5.23. The van der Waals surface area contributed by atoms with Gasteiger partial charge in [-0.3, -0.25) is 9.20 Å². The monoisotopic (exact) mass is 430 g/mol. The summed E-state index contributed by atoms with van der Waals surface area (Å²) >= 11 is 1.54. The molecule has 0 spiro atoms. The van der Waals surface area contributed by atoms with Crippen molar-refractivity contribution in [2.75, 3.05) is 0 Å². The number of aryl methyl sites for hydroxylation is 1. The largest absolute Gasteiger partial charge is 0.347 e. The van der Waals surface area contributed by atoms with Crippen molar-refractivity contribution >= 4 is 22.2 Å². The van der Waals surface area contributed by atoms with E-state index < -0.39 is 0 Å². The summed E-state index contributed by atoms with van der Waals surface area (Å²) in [5.74, 6) is -0.380. The van der Waals surface area contributed by atoms with Crippen LogP contribution in [0.5, 0.6) is 0 Å². The van der Waals surface area contributed by atoms with Crippen molar-refractivity contribution in [3.63, 3.8) is 0 Å². The van der Waals surface area contributed by atoms with E-state index in [0.29, 0.717) is 12.1 Å². The molecular formula is C24H19FN4OS. The number of carbonyl (C=O) groups excluding carboxylic acids is 1. The van der Waals surface area contributed by atoms with E-state index in [1.807, 2.05) is 70.9 Å². The van der Waals surface area contributed by atoms with E-state index in [0.717, 1.165) is 32.5 Å². The van der Waals surface area contributed by atoms with Crippen LogP contribution >= 0.6 is 11.3 Å². The van der Waals surface area contributed by atoms with Gasteiger partial charge >= 0.3 is 0 Å². The number of fused-ring (bicyclic) bond motifs is 1. The molecule has 5 rings (SSSR count). The number of nitrogens with zero attached hydrogens (tertiary/aromatic N) is 3. The SMILES string of the molecule is Cc1c(CNC(=O)c2ccc(-n3cccc3)cc2)sc2nc(-c3ccc(F)cc3)cn12. The Labute approximate surface area is 182 Å². The lowest BCUT2D eigenvalue weighted by Crippen LogP contribution is -2.22. The fraction of sp³-hybridized carbons (Fsp3) is 0.0833. The Morgan fingerprint density at radius 3 is 2.45 bits per heavy atom. The van der Waals surface area contributed by atoms with Crippen molar-refractivity contribution in [2.24, 2.45) is 0 Å². The number of amides is 1. The van der Waals surface area contributed by atoms with Crippen LogP contribution in [0, 0.1) is 12.7 Å². The molecule has 3 heterocycles. The fourth-order valence-electron chi connectivity index (χ4n) is 3.47. The van der Waals surface area contributed by atoms with Gasteiger partial charge in [0.1, 0.15) is 5.82 Å². The van der Waals surface area contributed by atoms with Crippen molar-refractivity contribution in [2.45, 2.75) is 13.5 Å². The molecule has 0 atom stereocenters. The molecule has 0 unspecified atom stereocenters. The lowest BCUT2D eigenvalue weighted by atomic mass is 10.2. The molecular weight excluding hydrogens is 411 g/mol. The molecule has 0 aliphatic carbocycles. The number of rotatable bonds is 5. The van der Waals surface area contributed by atoms with Crippen molar-refractivity contribution in [1.82, 2.24) is 19.3 Å². The van der Waals surface area contributed by atoms with Gasteiger partial charge < -0.3 is 9.88 Å². The third kappa shape index (κ3) is 3.75. The van der Waals surface area contributed by atoms with Gasteiger partial charge in [0.15, 0.2) is 4.96 Å². The first-order valence-corrected chi connectivity index (χ1v) is 10.6. The second-order valence-electron chi connectivity index (χ2n) is 7.22. The minimum absolute atomic E-state index is 0.114. The highest BCUT2D eigenvalue weighted by Crippen LogP contribution is 2.27. The summed E-state index contributed by atoms with van der Waals surface area (Å²) in [4.78, 5) is 19.1. The van der Waals surface area contributed by atoms with E-state index in [9.17, 15) is 9.18 Å². The van der Waals surface area contributed by atoms with Gasteiger partial charge in [-0.15, -0.1) is 0 Å². The molecule has 0 radical (unpaired) electrons. The molecule has 1 amide bonds. The van der Waals surface area contributed by atoms with Crippen LogP contribution in [0.25, 0.3) is 21.9 Å². The summed E-state index contributed by atoms with van der Waals surface area (Å²) in [7, 11) is 0. The quantitative estimate of drug-likeness (QED) is 0.415. The zero-order valence-corrected chi connectivity index (χ0v) is 17.6. The van der Waals surface area contributed by atoms with Crippen LogP contribution in [0.1, 0.15) is 20.9 Å². The molecule has 31 heavy (non-hydrogen) atoms. The Morgan fingerprint density at radius 2 is 1.77 bits per heavy atom. The normalized spacial score (nSPS) is 11.2. The van der Waals surface area contributed by atoms with Gasteiger partial charge in [-0.05, 0) is 67.6 Å². The number of carbonyl (C=O) groups is 1. The lowest BCUT2D eigenvalue weighted by Gasteiger charge is -2.07. The molecule has 0 saturated heterocycles. The zero-order chi connectivity index (χ0) is 21.4. The summed E-state index contributed by atoms with van der Waals surface area (Å²) in [5, 5.41) is 3.00. The summed E-state index contributed by atoms with van der Waals surface area (Å²) < 4.78 is 17.2. The molecule has 0 bridgehead atoms. The second kappa shape index (κ2) is 7.85. The number of hydrogen-bond acceptors (Lipinski definition) is 3. The van der Waals surface area contributed by atoms with Crippen LogP contribution in [-0.2, 0) is 6.54 Å². The first-order valence-electron chi connectivity index (χ1n) is 9.83.